The Morgan fingerprint density at radius 2 is 2.13 bits per heavy atom. The molecule has 0 saturated carbocycles. The number of carbonyl (C=O) groups excluding carboxylic acids is 1. The van der Waals surface area contributed by atoms with E-state index in [4.69, 9.17) is 9.47 Å². The van der Waals surface area contributed by atoms with Crippen LogP contribution >= 0.6 is 0 Å². The van der Waals surface area contributed by atoms with Gasteiger partial charge >= 0.3 is 5.97 Å². The number of hydrogen-bond acceptors (Lipinski definition) is 6. The molecule has 1 aliphatic rings. The highest BCUT2D eigenvalue weighted by atomic mass is 16.5. The number of nitrogens with one attached hydrogen (secondary N) is 1. The van der Waals surface area contributed by atoms with Crippen molar-refractivity contribution in [1.82, 2.24) is 9.55 Å². The molecule has 1 atom stereocenters. The van der Waals surface area contributed by atoms with E-state index in [1.54, 1.807) is 18.2 Å². The largest absolute Gasteiger partial charge is 0.504 e. The van der Waals surface area contributed by atoms with Crippen LogP contribution in [-0.2, 0) is 9.53 Å². The lowest BCUT2D eigenvalue weighted by Gasteiger charge is -2.30. The van der Waals surface area contributed by atoms with Crippen molar-refractivity contribution in [1.29, 1.82) is 0 Å². The fourth-order valence-corrected chi connectivity index (χ4v) is 3.73. The normalized spacial score (nSPS) is 15.5. The number of para-hydroxylation sites is 2. The number of aromatic hydroxyl groups is 1. The number of imidazole rings is 1. The van der Waals surface area contributed by atoms with Gasteiger partial charge in [0.05, 0.1) is 29.3 Å². The van der Waals surface area contributed by atoms with Crippen molar-refractivity contribution in [2.24, 2.45) is 0 Å². The minimum Gasteiger partial charge on any atom is -0.504 e. The number of phenolic OH excluding ortho intramolecular Hbond substituents is 1. The molecule has 2 heterocycles. The molecule has 4 rings (SSSR count). The highest BCUT2D eigenvalue weighted by Gasteiger charge is 2.35. The zero-order valence-electron chi connectivity index (χ0n) is 16.9. The Bertz CT molecular complexity index is 1160. The number of fused-ring (bicyclic) bond motifs is 3. The quantitative estimate of drug-likeness (QED) is 0.473. The van der Waals surface area contributed by atoms with Gasteiger partial charge in [-0.25, -0.2) is 9.78 Å². The van der Waals surface area contributed by atoms with Gasteiger partial charge in [-0.2, -0.15) is 0 Å². The number of phenols is 1. The average Bonchev–Trinajstić information content (AvgIpc) is 3.10. The summed E-state index contributed by atoms with van der Waals surface area (Å²) >= 11 is 0. The van der Waals surface area contributed by atoms with E-state index in [-0.39, 0.29) is 12.4 Å². The van der Waals surface area contributed by atoms with Crippen LogP contribution in [0.25, 0.3) is 11.0 Å². The van der Waals surface area contributed by atoms with E-state index in [1.165, 1.54) is 6.08 Å². The van der Waals surface area contributed by atoms with Crippen LogP contribution in [0, 0.1) is 0 Å². The second-order valence-electron chi connectivity index (χ2n) is 6.91. The van der Waals surface area contributed by atoms with E-state index in [0.717, 1.165) is 16.6 Å². The Balaban J connectivity index is 1.94. The average molecular weight is 405 g/mol. The molecule has 0 saturated heterocycles. The fraction of sp³-hybridized carbons (Fsp3) is 0.217. The van der Waals surface area contributed by atoms with Crippen molar-refractivity contribution in [3.05, 3.63) is 72.0 Å². The molecule has 0 bridgehead atoms. The number of rotatable bonds is 6. The molecule has 0 aliphatic carbocycles. The summed E-state index contributed by atoms with van der Waals surface area (Å²) < 4.78 is 12.9. The molecule has 0 amide bonds. The molecule has 0 spiro atoms. The number of aromatic nitrogens is 2. The van der Waals surface area contributed by atoms with E-state index in [2.05, 4.69) is 16.9 Å². The maximum atomic E-state index is 13.0. The summed E-state index contributed by atoms with van der Waals surface area (Å²) in [5.41, 5.74) is 3.57. The number of carbonyl (C=O) groups is 1. The van der Waals surface area contributed by atoms with Crippen LogP contribution in [0.5, 0.6) is 11.5 Å². The Hall–Kier alpha value is -3.74. The van der Waals surface area contributed by atoms with Crippen LogP contribution in [0.4, 0.5) is 5.95 Å². The summed E-state index contributed by atoms with van der Waals surface area (Å²) in [6.45, 7) is 7.81. The van der Waals surface area contributed by atoms with Gasteiger partial charge in [-0.3, -0.25) is 4.57 Å². The van der Waals surface area contributed by atoms with Crippen LogP contribution in [-0.4, -0.2) is 33.8 Å². The maximum Gasteiger partial charge on any atom is 0.338 e. The van der Waals surface area contributed by atoms with E-state index < -0.39 is 12.0 Å². The number of nitrogens with zero attached hydrogens (tertiary/aromatic N) is 2. The molecule has 2 N–H and O–H groups in total. The smallest absolute Gasteiger partial charge is 0.338 e. The highest BCUT2D eigenvalue weighted by Crippen LogP contribution is 2.41. The SMILES string of the molecule is C=CCOC(=O)C1=C(C)Nc2nc3ccccc3n2C1c1ccc(O)c(OCC)c1. The van der Waals surface area contributed by atoms with Crippen molar-refractivity contribution in [2.75, 3.05) is 18.5 Å². The van der Waals surface area contributed by atoms with Gasteiger partial charge in [0.1, 0.15) is 6.61 Å². The number of benzene rings is 2. The Morgan fingerprint density at radius 3 is 2.90 bits per heavy atom. The first kappa shape index (κ1) is 19.6. The summed E-state index contributed by atoms with van der Waals surface area (Å²) in [5.74, 6) is 0.585. The first-order valence-electron chi connectivity index (χ1n) is 9.73. The molecular weight excluding hydrogens is 382 g/mol. The monoisotopic (exact) mass is 405 g/mol. The standard InChI is InChI=1S/C23H23N3O4/c1-4-12-30-22(28)20-14(3)24-23-25-16-8-6-7-9-17(16)26(23)21(20)15-10-11-18(27)19(13-15)29-5-2/h4,6-11,13,21,27H,1,5,12H2,2-3H3,(H,24,25). The number of ether oxygens (including phenoxy) is 2. The van der Waals surface area contributed by atoms with Crippen LogP contribution in [0.15, 0.2) is 66.4 Å². The lowest BCUT2D eigenvalue weighted by Crippen LogP contribution is -2.29. The van der Waals surface area contributed by atoms with E-state index >= 15 is 0 Å². The summed E-state index contributed by atoms with van der Waals surface area (Å²) in [6.07, 6.45) is 1.53. The third-order valence-corrected chi connectivity index (χ3v) is 4.98. The molecule has 0 radical (unpaired) electrons. The summed E-state index contributed by atoms with van der Waals surface area (Å²) in [4.78, 5) is 17.7. The number of anilines is 1. The molecule has 1 aromatic heterocycles. The van der Waals surface area contributed by atoms with Crippen molar-refractivity contribution in [2.45, 2.75) is 19.9 Å². The summed E-state index contributed by atoms with van der Waals surface area (Å²) in [5, 5.41) is 13.4. The minimum atomic E-state index is -0.509. The van der Waals surface area contributed by atoms with E-state index in [1.807, 2.05) is 42.7 Å². The molecule has 0 fully saturated rings. The van der Waals surface area contributed by atoms with Crippen LogP contribution in [0.1, 0.15) is 25.5 Å². The molecule has 154 valence electrons. The fourth-order valence-electron chi connectivity index (χ4n) is 3.73. The van der Waals surface area contributed by atoms with Gasteiger partial charge in [-0.05, 0) is 43.7 Å². The predicted octanol–water partition coefficient (Wildman–Crippen LogP) is 4.16. The molecule has 3 aromatic rings. The van der Waals surface area contributed by atoms with Gasteiger partial charge in [-0.1, -0.05) is 30.9 Å². The van der Waals surface area contributed by atoms with Gasteiger partial charge < -0.3 is 19.9 Å². The highest BCUT2D eigenvalue weighted by molar-refractivity contribution is 5.94. The van der Waals surface area contributed by atoms with Crippen molar-refractivity contribution in [3.63, 3.8) is 0 Å². The van der Waals surface area contributed by atoms with Gasteiger partial charge in [-0.15, -0.1) is 0 Å². The number of allylic oxidation sites excluding steroid dienone is 1. The zero-order chi connectivity index (χ0) is 21.3. The molecule has 1 unspecified atom stereocenters. The molecule has 30 heavy (non-hydrogen) atoms. The minimum absolute atomic E-state index is 0.0433. The second kappa shape index (κ2) is 7.94. The third kappa shape index (κ3) is 3.28. The number of esters is 1. The lowest BCUT2D eigenvalue weighted by molar-refractivity contribution is -0.138. The van der Waals surface area contributed by atoms with Crippen molar-refractivity contribution < 1.29 is 19.4 Å². The first-order chi connectivity index (χ1) is 14.5. The molecular formula is C23H23N3O4. The molecule has 7 heteroatoms. The zero-order valence-corrected chi connectivity index (χ0v) is 16.9. The van der Waals surface area contributed by atoms with E-state index in [9.17, 15) is 9.90 Å². The van der Waals surface area contributed by atoms with Crippen LogP contribution in [0.3, 0.4) is 0 Å². The van der Waals surface area contributed by atoms with E-state index in [0.29, 0.717) is 29.6 Å². The number of hydrogen-bond donors (Lipinski definition) is 2. The first-order valence-corrected chi connectivity index (χ1v) is 9.73. The topological polar surface area (TPSA) is 85.6 Å². The lowest BCUT2D eigenvalue weighted by atomic mass is 9.94. The Morgan fingerprint density at radius 1 is 1.33 bits per heavy atom. The van der Waals surface area contributed by atoms with Gasteiger partial charge in [0, 0.05) is 5.70 Å². The summed E-state index contributed by atoms with van der Waals surface area (Å²) in [6, 6.07) is 12.3. The molecule has 1 aliphatic heterocycles. The Labute approximate surface area is 174 Å². The van der Waals surface area contributed by atoms with Crippen molar-refractivity contribution >= 4 is 23.0 Å². The molecule has 2 aromatic carbocycles. The Kier molecular flexibility index (Phi) is 5.18. The van der Waals surface area contributed by atoms with Crippen LogP contribution in [0.2, 0.25) is 0 Å². The summed E-state index contributed by atoms with van der Waals surface area (Å²) in [7, 11) is 0. The maximum absolute atomic E-state index is 13.0. The van der Waals surface area contributed by atoms with Crippen LogP contribution < -0.4 is 10.1 Å². The van der Waals surface area contributed by atoms with Crippen molar-refractivity contribution in [3.8, 4) is 11.5 Å². The van der Waals surface area contributed by atoms with Gasteiger partial charge in [0.25, 0.3) is 0 Å². The van der Waals surface area contributed by atoms with Gasteiger partial charge in [0.2, 0.25) is 5.95 Å². The molecule has 7 nitrogen and oxygen atoms in total. The second-order valence-corrected chi connectivity index (χ2v) is 6.91. The third-order valence-electron chi connectivity index (χ3n) is 4.98. The predicted molar refractivity (Wildman–Crippen MR) is 115 cm³/mol. The van der Waals surface area contributed by atoms with Gasteiger partial charge in [0.15, 0.2) is 11.5 Å².